The Kier molecular flexibility index (Phi) is 10.5. The molecule has 1 saturated heterocycles. The molecule has 2 aromatic rings. The lowest BCUT2D eigenvalue weighted by Crippen LogP contribution is -2.59. The summed E-state index contributed by atoms with van der Waals surface area (Å²) >= 11 is 0. The fraction of sp³-hybridized carbons (Fsp3) is 0.583. The van der Waals surface area contributed by atoms with E-state index in [4.69, 9.17) is 14.2 Å². The SMILES string of the molecule is COc1ccc2c(O[C@@H]3C[C@H]4C(=O)N[C@]5(C(=O)NS(=O)(=O)C6(CF)CC6)C[C@H]5C=C[C@@H](C)CCC[C@@H](C)[C@H](NC(=O)O)C(=O)N4C3)ncc(OC)c2c1. The van der Waals surface area contributed by atoms with Crippen LogP contribution in [0.3, 0.4) is 0 Å². The van der Waals surface area contributed by atoms with E-state index in [0.717, 1.165) is 0 Å². The molecular formula is C36H46FN5O10S. The zero-order valence-electron chi connectivity index (χ0n) is 30.1. The summed E-state index contributed by atoms with van der Waals surface area (Å²) in [7, 11) is -1.37. The average Bonchev–Trinajstić information content (AvgIpc) is 4.03. The number of sulfonamides is 1. The number of rotatable bonds is 9. The van der Waals surface area contributed by atoms with Gasteiger partial charge in [0, 0.05) is 23.1 Å². The van der Waals surface area contributed by atoms with Gasteiger partial charge in [0.2, 0.25) is 27.7 Å². The number of aromatic nitrogens is 1. The molecule has 4 amide bonds. The average molecular weight is 760 g/mol. The number of alkyl halides is 1. The molecule has 2 aliphatic carbocycles. The Morgan fingerprint density at radius 2 is 1.87 bits per heavy atom. The maximum Gasteiger partial charge on any atom is 0.405 e. The van der Waals surface area contributed by atoms with E-state index in [0.29, 0.717) is 41.5 Å². The fourth-order valence-corrected chi connectivity index (χ4v) is 8.84. The van der Waals surface area contributed by atoms with Crippen molar-refractivity contribution >= 4 is 44.6 Å². The molecule has 2 saturated carbocycles. The quantitative estimate of drug-likeness (QED) is 0.274. The molecule has 17 heteroatoms. The molecule has 2 aliphatic heterocycles. The number of carbonyl (C=O) groups excluding carboxylic acids is 3. The highest BCUT2D eigenvalue weighted by molar-refractivity contribution is 7.91. The van der Waals surface area contributed by atoms with Crippen molar-refractivity contribution in [2.75, 3.05) is 27.4 Å². The number of nitrogens with one attached hydrogen (secondary N) is 3. The molecule has 1 aromatic carbocycles. The van der Waals surface area contributed by atoms with Gasteiger partial charge in [-0.15, -0.1) is 0 Å². The van der Waals surface area contributed by atoms with Crippen molar-refractivity contribution in [1.82, 2.24) is 25.2 Å². The highest BCUT2D eigenvalue weighted by atomic mass is 32.2. The minimum atomic E-state index is -4.40. The number of amides is 4. The highest BCUT2D eigenvalue weighted by Gasteiger charge is 2.64. The molecule has 15 nitrogen and oxygen atoms in total. The molecule has 0 radical (unpaired) electrons. The van der Waals surface area contributed by atoms with E-state index in [9.17, 15) is 37.1 Å². The number of benzene rings is 1. The first-order valence-corrected chi connectivity index (χ1v) is 19.3. The van der Waals surface area contributed by atoms with E-state index in [1.165, 1.54) is 25.3 Å². The molecule has 7 atom stereocenters. The smallest absolute Gasteiger partial charge is 0.405 e. The minimum Gasteiger partial charge on any atom is -0.497 e. The first-order valence-electron chi connectivity index (χ1n) is 17.8. The van der Waals surface area contributed by atoms with Gasteiger partial charge in [-0.05, 0) is 62.1 Å². The van der Waals surface area contributed by atoms with Gasteiger partial charge in [0.25, 0.3) is 5.91 Å². The number of carbonyl (C=O) groups is 4. The summed E-state index contributed by atoms with van der Waals surface area (Å²) in [5.41, 5.74) is -1.68. The number of ether oxygens (including phenoxy) is 3. The van der Waals surface area contributed by atoms with Crippen molar-refractivity contribution in [3.8, 4) is 17.4 Å². The third-order valence-corrected chi connectivity index (χ3v) is 13.2. The molecule has 3 fully saturated rings. The number of carboxylic acid groups (broad SMARTS) is 1. The number of halogens is 1. The van der Waals surface area contributed by atoms with Gasteiger partial charge < -0.3 is 34.9 Å². The Hall–Kier alpha value is -4.67. The molecule has 3 heterocycles. The number of hydrogen-bond acceptors (Lipinski definition) is 10. The third kappa shape index (κ3) is 7.44. The zero-order chi connectivity index (χ0) is 38.3. The third-order valence-electron chi connectivity index (χ3n) is 11.1. The molecule has 288 valence electrons. The van der Waals surface area contributed by atoms with Gasteiger partial charge in [0.1, 0.15) is 46.6 Å². The molecule has 0 unspecified atom stereocenters. The second-order valence-electron chi connectivity index (χ2n) is 14.7. The van der Waals surface area contributed by atoms with E-state index >= 15 is 0 Å². The predicted molar refractivity (Wildman–Crippen MR) is 190 cm³/mol. The largest absolute Gasteiger partial charge is 0.497 e. The van der Waals surface area contributed by atoms with Gasteiger partial charge in [-0.2, -0.15) is 0 Å². The van der Waals surface area contributed by atoms with Crippen LogP contribution in [0.2, 0.25) is 0 Å². The van der Waals surface area contributed by atoms with E-state index in [1.807, 2.05) is 13.0 Å². The predicted octanol–water partition coefficient (Wildman–Crippen LogP) is 3.07. The first-order chi connectivity index (χ1) is 25.2. The first kappa shape index (κ1) is 38.1. The lowest BCUT2D eigenvalue weighted by Gasteiger charge is -2.31. The molecule has 4 aliphatic rings. The number of allylic oxidation sites excluding steroid dienone is 1. The van der Waals surface area contributed by atoms with Crippen molar-refractivity contribution in [2.24, 2.45) is 17.8 Å². The molecular weight excluding hydrogens is 713 g/mol. The van der Waals surface area contributed by atoms with Crippen molar-refractivity contribution in [3.05, 3.63) is 36.5 Å². The van der Waals surface area contributed by atoms with Gasteiger partial charge in [-0.1, -0.05) is 32.4 Å². The van der Waals surface area contributed by atoms with Crippen LogP contribution >= 0.6 is 0 Å². The lowest BCUT2D eigenvalue weighted by molar-refractivity contribution is -0.142. The van der Waals surface area contributed by atoms with Crippen LogP contribution in [-0.2, 0) is 24.4 Å². The highest BCUT2D eigenvalue weighted by Crippen LogP contribution is 2.48. The van der Waals surface area contributed by atoms with Gasteiger partial charge >= 0.3 is 6.09 Å². The number of nitrogens with zero attached hydrogens (tertiary/aromatic N) is 2. The summed E-state index contributed by atoms with van der Waals surface area (Å²) in [5.74, 6) is -2.13. The van der Waals surface area contributed by atoms with Crippen LogP contribution in [0.15, 0.2) is 36.5 Å². The summed E-state index contributed by atoms with van der Waals surface area (Å²) in [5, 5.41) is 16.1. The maximum absolute atomic E-state index is 14.3. The monoisotopic (exact) mass is 759 g/mol. The van der Waals surface area contributed by atoms with Crippen LogP contribution in [0.5, 0.6) is 17.4 Å². The topological polar surface area (TPSA) is 203 Å². The van der Waals surface area contributed by atoms with Crippen molar-refractivity contribution in [3.63, 3.8) is 0 Å². The Morgan fingerprint density at radius 3 is 2.53 bits per heavy atom. The molecule has 6 rings (SSSR count). The number of pyridine rings is 1. The Bertz CT molecular complexity index is 1920. The minimum absolute atomic E-state index is 0.0285. The van der Waals surface area contributed by atoms with Crippen LogP contribution in [0.25, 0.3) is 10.8 Å². The van der Waals surface area contributed by atoms with Crippen molar-refractivity contribution in [2.45, 2.75) is 87.3 Å². The lowest BCUT2D eigenvalue weighted by atomic mass is 9.92. The molecule has 0 spiro atoms. The van der Waals surface area contributed by atoms with E-state index in [2.05, 4.69) is 20.3 Å². The van der Waals surface area contributed by atoms with Gasteiger partial charge in [0.15, 0.2) is 0 Å². The van der Waals surface area contributed by atoms with E-state index < -0.39 is 80.8 Å². The second-order valence-corrected chi connectivity index (χ2v) is 16.8. The summed E-state index contributed by atoms with van der Waals surface area (Å²) in [6.07, 6.45) is 4.98. The molecule has 53 heavy (non-hydrogen) atoms. The summed E-state index contributed by atoms with van der Waals surface area (Å²) in [6.45, 7) is 2.47. The summed E-state index contributed by atoms with van der Waals surface area (Å²) < 4.78 is 57.6. The fourth-order valence-electron chi connectivity index (χ4n) is 7.41. The van der Waals surface area contributed by atoms with E-state index in [-0.39, 0.29) is 44.0 Å². The molecule has 4 N–H and O–H groups in total. The van der Waals surface area contributed by atoms with Crippen LogP contribution < -0.4 is 29.6 Å². The number of methoxy groups -OCH3 is 2. The number of fused-ring (bicyclic) bond motifs is 3. The molecule has 0 bridgehead atoms. The Balaban J connectivity index is 1.34. The van der Waals surface area contributed by atoms with Gasteiger partial charge in [0.05, 0.1) is 27.0 Å². The van der Waals surface area contributed by atoms with Crippen molar-refractivity contribution < 1.29 is 51.3 Å². The molecule has 1 aromatic heterocycles. The van der Waals surface area contributed by atoms with E-state index in [1.54, 1.807) is 31.2 Å². The summed E-state index contributed by atoms with van der Waals surface area (Å²) in [4.78, 5) is 60.1. The van der Waals surface area contributed by atoms with Crippen LogP contribution in [0.4, 0.5) is 9.18 Å². The standard InChI is InChI=1S/C36H46FN5O10S/c1-20-6-5-7-21(2)29(39-34(46)47)32(44)42-18-24(52-31-25-11-10-23(50-3)14-26(25)28(51-4)17-38-31)15-27(42)30(43)40-36(16-22(36)9-8-20)33(45)41-53(48,49)35(19-37)12-13-35/h8-11,14,17,20-22,24,27,29,39H,5-7,12-13,15-16,18-19H2,1-4H3,(H,40,43)(H,41,45)(H,46,47)/t20-,21+,22+,24+,27-,29-,36+/m0/s1. The zero-order valence-corrected chi connectivity index (χ0v) is 30.9. The van der Waals surface area contributed by atoms with Crippen LogP contribution in [0.1, 0.15) is 58.8 Å². The Labute approximate surface area is 307 Å². The van der Waals surface area contributed by atoms with Crippen LogP contribution in [-0.4, -0.2) is 103 Å². The van der Waals surface area contributed by atoms with Gasteiger partial charge in [-0.25, -0.2) is 22.6 Å². The number of hydrogen-bond donors (Lipinski definition) is 4. The normalized spacial score (nSPS) is 29.8. The second kappa shape index (κ2) is 14.6. The van der Waals surface area contributed by atoms with Crippen molar-refractivity contribution in [1.29, 1.82) is 0 Å². The maximum atomic E-state index is 14.3. The Morgan fingerprint density at radius 1 is 1.11 bits per heavy atom. The van der Waals surface area contributed by atoms with Crippen LogP contribution in [0, 0.1) is 17.8 Å². The summed E-state index contributed by atoms with van der Waals surface area (Å²) in [6, 6.07) is 2.79. The van der Waals surface area contributed by atoms with Gasteiger partial charge in [-0.3, -0.25) is 19.1 Å².